The Kier molecular flexibility index (Phi) is 3.82. The van der Waals surface area contributed by atoms with Crippen molar-refractivity contribution in [2.75, 3.05) is 0 Å². The molecule has 94 valence electrons. The Balaban J connectivity index is 2.06. The lowest BCUT2D eigenvalue weighted by molar-refractivity contribution is 0.357. The number of allylic oxidation sites excluding steroid dienone is 1. The molecule has 0 bridgehead atoms. The molecule has 18 heavy (non-hydrogen) atoms. The molecule has 1 aromatic carbocycles. The monoisotopic (exact) mass is 253 g/mol. The van der Waals surface area contributed by atoms with Crippen LogP contribution in [0.4, 0.5) is 13.2 Å². The van der Waals surface area contributed by atoms with E-state index in [2.05, 4.69) is 5.16 Å². The van der Waals surface area contributed by atoms with Crippen LogP contribution in [-0.2, 0) is 6.42 Å². The third-order valence-corrected chi connectivity index (χ3v) is 2.42. The number of rotatable bonds is 4. The van der Waals surface area contributed by atoms with E-state index in [1.165, 1.54) is 0 Å². The average molecular weight is 253 g/mol. The summed E-state index contributed by atoms with van der Waals surface area (Å²) < 4.78 is 41.3. The number of hydrogen-bond donors (Lipinski definition) is 0. The summed E-state index contributed by atoms with van der Waals surface area (Å²) in [7, 11) is 0. The molecule has 0 N–H and O–H groups in total. The number of benzene rings is 1. The largest absolute Gasteiger partial charge is 0.361 e. The lowest BCUT2D eigenvalue weighted by Crippen LogP contribution is -1.83. The highest BCUT2D eigenvalue weighted by Crippen LogP contribution is 2.21. The van der Waals surface area contributed by atoms with Gasteiger partial charge in [0, 0.05) is 24.5 Å². The van der Waals surface area contributed by atoms with Crippen LogP contribution in [0.25, 0.3) is 11.3 Å². The van der Waals surface area contributed by atoms with Crippen LogP contribution in [0.5, 0.6) is 0 Å². The Bertz CT molecular complexity index is 544. The first kappa shape index (κ1) is 12.4. The first-order valence-corrected chi connectivity index (χ1v) is 5.37. The molecule has 1 aromatic heterocycles. The molecule has 0 unspecified atom stereocenters. The molecule has 1 heterocycles. The minimum absolute atomic E-state index is 0.0585. The van der Waals surface area contributed by atoms with E-state index in [-0.39, 0.29) is 12.8 Å². The summed E-state index contributed by atoms with van der Waals surface area (Å²) in [6, 6.07) is 10.9. The highest BCUT2D eigenvalue weighted by Gasteiger charge is 2.09. The predicted octanol–water partition coefficient (Wildman–Crippen LogP) is 4.35. The molecular weight excluding hydrogens is 243 g/mol. The zero-order chi connectivity index (χ0) is 13.0. The molecule has 5 heteroatoms. The van der Waals surface area contributed by atoms with E-state index in [1.807, 2.05) is 30.3 Å². The Hall–Kier alpha value is -2.04. The molecule has 0 aliphatic carbocycles. The Labute approximate surface area is 102 Å². The van der Waals surface area contributed by atoms with Crippen molar-refractivity contribution >= 4 is 0 Å². The van der Waals surface area contributed by atoms with Crippen LogP contribution in [0, 0.1) is 0 Å². The van der Waals surface area contributed by atoms with Gasteiger partial charge in [0.2, 0.25) is 0 Å². The number of aryl methyl sites for hydroxylation is 1. The maximum Gasteiger partial charge on any atom is 0.301 e. The van der Waals surface area contributed by atoms with Gasteiger partial charge in [0.25, 0.3) is 0 Å². The van der Waals surface area contributed by atoms with E-state index in [1.54, 1.807) is 6.07 Å². The van der Waals surface area contributed by atoms with Crippen LogP contribution in [0.15, 0.2) is 52.8 Å². The molecule has 0 fully saturated rings. The summed E-state index contributed by atoms with van der Waals surface area (Å²) in [4.78, 5) is 0. The summed E-state index contributed by atoms with van der Waals surface area (Å²) >= 11 is 0. The van der Waals surface area contributed by atoms with Crippen molar-refractivity contribution in [2.45, 2.75) is 12.8 Å². The fourth-order valence-corrected chi connectivity index (χ4v) is 1.50. The van der Waals surface area contributed by atoms with Gasteiger partial charge in [-0.25, -0.2) is 4.39 Å². The number of halogens is 3. The highest BCUT2D eigenvalue weighted by atomic mass is 19.3. The first-order chi connectivity index (χ1) is 8.66. The van der Waals surface area contributed by atoms with Gasteiger partial charge in [-0.15, -0.1) is 0 Å². The minimum atomic E-state index is -2.28. The van der Waals surface area contributed by atoms with Crippen molar-refractivity contribution in [3.63, 3.8) is 0 Å². The minimum Gasteiger partial charge on any atom is -0.361 e. The molecule has 0 spiro atoms. The third kappa shape index (κ3) is 3.00. The van der Waals surface area contributed by atoms with Gasteiger partial charge < -0.3 is 4.52 Å². The molecule has 2 rings (SSSR count). The second-order valence-electron chi connectivity index (χ2n) is 3.71. The molecule has 0 saturated carbocycles. The second kappa shape index (κ2) is 5.53. The maximum atomic E-state index is 12.6. The predicted molar refractivity (Wildman–Crippen MR) is 60.6 cm³/mol. The van der Waals surface area contributed by atoms with E-state index >= 15 is 0 Å². The van der Waals surface area contributed by atoms with Gasteiger partial charge in [-0.2, -0.15) is 8.78 Å². The van der Waals surface area contributed by atoms with Crippen molar-refractivity contribution < 1.29 is 17.7 Å². The fraction of sp³-hybridized carbons (Fsp3) is 0.154. The molecule has 0 aliphatic rings. The van der Waals surface area contributed by atoms with Gasteiger partial charge >= 0.3 is 6.08 Å². The number of hydrogen-bond acceptors (Lipinski definition) is 2. The van der Waals surface area contributed by atoms with Gasteiger partial charge in [-0.3, -0.25) is 0 Å². The van der Waals surface area contributed by atoms with Gasteiger partial charge in [0.05, 0.1) is 0 Å². The maximum absolute atomic E-state index is 12.6. The molecule has 0 aliphatic heterocycles. The molecule has 2 aromatic rings. The van der Waals surface area contributed by atoms with Crippen molar-refractivity contribution in [2.24, 2.45) is 0 Å². The molecule has 0 amide bonds. The smallest absolute Gasteiger partial charge is 0.301 e. The van der Waals surface area contributed by atoms with Crippen LogP contribution in [-0.4, -0.2) is 5.16 Å². The number of aromatic nitrogens is 1. The molecule has 0 saturated heterocycles. The highest BCUT2D eigenvalue weighted by molar-refractivity contribution is 5.58. The first-order valence-electron chi connectivity index (χ1n) is 5.37. The lowest BCUT2D eigenvalue weighted by Gasteiger charge is -1.93. The summed E-state index contributed by atoms with van der Waals surface area (Å²) in [5, 5.41) is 3.81. The Morgan fingerprint density at radius 2 is 1.83 bits per heavy atom. The van der Waals surface area contributed by atoms with Crippen LogP contribution in [0.1, 0.15) is 12.2 Å². The van der Waals surface area contributed by atoms with Crippen molar-refractivity contribution in [3.8, 4) is 11.3 Å². The topological polar surface area (TPSA) is 26.0 Å². The van der Waals surface area contributed by atoms with Gasteiger partial charge in [0.15, 0.2) is 5.83 Å². The van der Waals surface area contributed by atoms with E-state index < -0.39 is 11.9 Å². The zero-order valence-electron chi connectivity index (χ0n) is 9.37. The van der Waals surface area contributed by atoms with Gasteiger partial charge in [-0.1, -0.05) is 35.5 Å². The van der Waals surface area contributed by atoms with Crippen LogP contribution >= 0.6 is 0 Å². The Morgan fingerprint density at radius 3 is 2.50 bits per heavy atom. The van der Waals surface area contributed by atoms with E-state index in [0.717, 1.165) is 5.56 Å². The summed E-state index contributed by atoms with van der Waals surface area (Å²) in [5.74, 6) is -1.03. The number of nitrogens with zero attached hydrogens (tertiary/aromatic N) is 1. The molecule has 2 nitrogen and oxygen atoms in total. The quantitative estimate of drug-likeness (QED) is 0.809. The lowest BCUT2D eigenvalue weighted by atomic mass is 10.1. The molecule has 0 atom stereocenters. The van der Waals surface area contributed by atoms with E-state index in [4.69, 9.17) is 4.52 Å². The van der Waals surface area contributed by atoms with Crippen LogP contribution < -0.4 is 0 Å². The SMILES string of the molecule is FC(F)=C(F)CCc1cc(-c2ccccc2)no1. The zero-order valence-corrected chi connectivity index (χ0v) is 9.37. The van der Waals surface area contributed by atoms with Crippen molar-refractivity contribution in [1.29, 1.82) is 0 Å². The van der Waals surface area contributed by atoms with Gasteiger partial charge in [0.1, 0.15) is 11.5 Å². The summed E-state index contributed by atoms with van der Waals surface area (Å²) in [6.07, 6.45) is -2.60. The van der Waals surface area contributed by atoms with Crippen molar-refractivity contribution in [3.05, 3.63) is 54.1 Å². The van der Waals surface area contributed by atoms with E-state index in [9.17, 15) is 13.2 Å². The second-order valence-corrected chi connectivity index (χ2v) is 3.71. The van der Waals surface area contributed by atoms with E-state index in [0.29, 0.717) is 11.5 Å². The van der Waals surface area contributed by atoms with Crippen molar-refractivity contribution in [1.82, 2.24) is 5.16 Å². The average Bonchev–Trinajstić information content (AvgIpc) is 2.85. The van der Waals surface area contributed by atoms with Crippen LogP contribution in [0.3, 0.4) is 0 Å². The fourth-order valence-electron chi connectivity index (χ4n) is 1.50. The summed E-state index contributed by atoms with van der Waals surface area (Å²) in [5.41, 5.74) is 1.47. The normalized spacial score (nSPS) is 10.4. The Morgan fingerprint density at radius 1 is 1.11 bits per heavy atom. The van der Waals surface area contributed by atoms with Gasteiger partial charge in [-0.05, 0) is 0 Å². The molecular formula is C13H10F3NO. The standard InChI is InChI=1S/C13H10F3NO/c14-11(13(15)16)7-6-10-8-12(17-18-10)9-4-2-1-3-5-9/h1-5,8H,6-7H2. The summed E-state index contributed by atoms with van der Waals surface area (Å²) in [6.45, 7) is 0. The molecule has 0 radical (unpaired) electrons. The van der Waals surface area contributed by atoms with Crippen LogP contribution in [0.2, 0.25) is 0 Å². The third-order valence-electron chi connectivity index (χ3n) is 2.42.